The van der Waals surface area contributed by atoms with E-state index in [9.17, 15) is 4.79 Å². The first-order chi connectivity index (χ1) is 8.95. The van der Waals surface area contributed by atoms with Gasteiger partial charge in [-0.15, -0.1) is 0 Å². The highest BCUT2D eigenvalue weighted by atomic mass is 16.1. The van der Waals surface area contributed by atoms with Crippen molar-refractivity contribution in [3.05, 3.63) is 46.6 Å². The van der Waals surface area contributed by atoms with E-state index in [0.29, 0.717) is 6.42 Å². The Hall–Kier alpha value is -2.10. The van der Waals surface area contributed by atoms with E-state index in [-0.39, 0.29) is 5.91 Å². The summed E-state index contributed by atoms with van der Waals surface area (Å²) in [6, 6.07) is 8.03. The standard InChI is InChI=1S/C15H19N3O/c1-10-5-6-11(2)13(7-10)9-15(19)16-14-8-12(3)17-18(14)4/h5-8H,9H2,1-4H3,(H,16,19). The molecule has 0 saturated carbocycles. The number of hydrogen-bond donors (Lipinski definition) is 1. The molecule has 0 aliphatic heterocycles. The molecule has 1 amide bonds. The maximum Gasteiger partial charge on any atom is 0.229 e. The number of nitrogens with one attached hydrogen (secondary N) is 1. The lowest BCUT2D eigenvalue weighted by Gasteiger charge is -2.08. The molecule has 2 rings (SSSR count). The van der Waals surface area contributed by atoms with Gasteiger partial charge in [-0.1, -0.05) is 23.8 Å². The zero-order chi connectivity index (χ0) is 14.0. The van der Waals surface area contributed by atoms with Crippen molar-refractivity contribution in [3.63, 3.8) is 0 Å². The second-order valence-corrected chi connectivity index (χ2v) is 4.95. The summed E-state index contributed by atoms with van der Waals surface area (Å²) < 4.78 is 1.68. The topological polar surface area (TPSA) is 46.9 Å². The number of hydrogen-bond acceptors (Lipinski definition) is 2. The summed E-state index contributed by atoms with van der Waals surface area (Å²) in [5, 5.41) is 7.09. The first-order valence-electron chi connectivity index (χ1n) is 6.32. The highest BCUT2D eigenvalue weighted by Gasteiger charge is 2.09. The molecule has 4 nitrogen and oxygen atoms in total. The first kappa shape index (κ1) is 13.3. The van der Waals surface area contributed by atoms with Gasteiger partial charge in [-0.2, -0.15) is 5.10 Å². The van der Waals surface area contributed by atoms with Gasteiger partial charge in [-0.05, 0) is 31.9 Å². The Bertz CT molecular complexity index is 614. The molecule has 2 aromatic rings. The maximum atomic E-state index is 12.1. The SMILES string of the molecule is Cc1ccc(C)c(CC(=O)Nc2cc(C)nn2C)c1. The van der Waals surface area contributed by atoms with Crippen LogP contribution in [0.15, 0.2) is 24.3 Å². The van der Waals surface area contributed by atoms with Crippen LogP contribution in [0.2, 0.25) is 0 Å². The molecule has 0 fully saturated rings. The Kier molecular flexibility index (Phi) is 3.69. The zero-order valence-corrected chi connectivity index (χ0v) is 11.8. The van der Waals surface area contributed by atoms with Gasteiger partial charge in [0.15, 0.2) is 0 Å². The van der Waals surface area contributed by atoms with E-state index < -0.39 is 0 Å². The van der Waals surface area contributed by atoms with Crippen molar-refractivity contribution in [1.82, 2.24) is 9.78 Å². The van der Waals surface area contributed by atoms with Crippen LogP contribution in [-0.2, 0) is 18.3 Å². The van der Waals surface area contributed by atoms with Gasteiger partial charge < -0.3 is 5.32 Å². The summed E-state index contributed by atoms with van der Waals surface area (Å²) >= 11 is 0. The molecule has 1 heterocycles. The number of nitrogens with zero attached hydrogens (tertiary/aromatic N) is 2. The number of aromatic nitrogens is 2. The molecule has 100 valence electrons. The summed E-state index contributed by atoms with van der Waals surface area (Å²) in [6.45, 7) is 5.96. The number of anilines is 1. The van der Waals surface area contributed by atoms with Crippen LogP contribution < -0.4 is 5.32 Å². The number of carbonyl (C=O) groups is 1. The Morgan fingerprint density at radius 1 is 1.26 bits per heavy atom. The average Bonchev–Trinajstić information content (AvgIpc) is 2.62. The summed E-state index contributed by atoms with van der Waals surface area (Å²) in [5.41, 5.74) is 4.27. The summed E-state index contributed by atoms with van der Waals surface area (Å²) in [5.74, 6) is 0.713. The highest BCUT2D eigenvalue weighted by Crippen LogP contribution is 2.13. The van der Waals surface area contributed by atoms with Crippen molar-refractivity contribution < 1.29 is 4.79 Å². The molecule has 0 unspecified atom stereocenters. The third-order valence-corrected chi connectivity index (χ3v) is 3.13. The minimum Gasteiger partial charge on any atom is -0.311 e. The molecule has 0 spiro atoms. The Balaban J connectivity index is 2.09. The Morgan fingerprint density at radius 2 is 2.00 bits per heavy atom. The van der Waals surface area contributed by atoms with Crippen LogP contribution in [0.4, 0.5) is 5.82 Å². The van der Waals surface area contributed by atoms with Crippen molar-refractivity contribution in [1.29, 1.82) is 0 Å². The van der Waals surface area contributed by atoms with Gasteiger partial charge in [-0.3, -0.25) is 9.48 Å². The largest absolute Gasteiger partial charge is 0.311 e. The fraction of sp³-hybridized carbons (Fsp3) is 0.333. The second kappa shape index (κ2) is 5.26. The van der Waals surface area contributed by atoms with E-state index >= 15 is 0 Å². The van der Waals surface area contributed by atoms with Gasteiger partial charge in [0.25, 0.3) is 0 Å². The molecule has 19 heavy (non-hydrogen) atoms. The predicted octanol–water partition coefficient (Wildman–Crippen LogP) is 2.53. The second-order valence-electron chi connectivity index (χ2n) is 4.95. The van der Waals surface area contributed by atoms with Gasteiger partial charge >= 0.3 is 0 Å². The molecule has 1 aromatic carbocycles. The van der Waals surface area contributed by atoms with Crippen molar-refractivity contribution >= 4 is 11.7 Å². The Labute approximate surface area is 113 Å². The highest BCUT2D eigenvalue weighted by molar-refractivity contribution is 5.91. The minimum absolute atomic E-state index is 0.0169. The zero-order valence-electron chi connectivity index (χ0n) is 11.8. The molecule has 0 radical (unpaired) electrons. The molecular formula is C15H19N3O. The molecule has 0 aliphatic rings. The van der Waals surface area contributed by atoms with Crippen LogP contribution in [0.25, 0.3) is 0 Å². The summed E-state index contributed by atoms with van der Waals surface area (Å²) in [7, 11) is 1.82. The Morgan fingerprint density at radius 3 is 2.63 bits per heavy atom. The van der Waals surface area contributed by atoms with E-state index in [1.807, 2.05) is 40.0 Å². The smallest absolute Gasteiger partial charge is 0.229 e. The molecular weight excluding hydrogens is 238 g/mol. The number of rotatable bonds is 3. The average molecular weight is 257 g/mol. The van der Waals surface area contributed by atoms with Crippen molar-refractivity contribution in [2.75, 3.05) is 5.32 Å². The van der Waals surface area contributed by atoms with E-state index in [0.717, 1.165) is 22.6 Å². The molecule has 0 bridgehead atoms. The van der Waals surface area contributed by atoms with Crippen LogP contribution >= 0.6 is 0 Å². The van der Waals surface area contributed by atoms with Crippen LogP contribution in [0, 0.1) is 20.8 Å². The van der Waals surface area contributed by atoms with Crippen molar-refractivity contribution in [3.8, 4) is 0 Å². The number of carbonyl (C=O) groups excluding carboxylic acids is 1. The number of amides is 1. The molecule has 0 atom stereocenters. The molecule has 0 saturated heterocycles. The van der Waals surface area contributed by atoms with Crippen LogP contribution in [0.3, 0.4) is 0 Å². The van der Waals surface area contributed by atoms with E-state index in [1.54, 1.807) is 4.68 Å². The quantitative estimate of drug-likeness (QED) is 0.918. The fourth-order valence-electron chi connectivity index (χ4n) is 2.08. The number of aryl methyl sites for hydroxylation is 4. The lowest BCUT2D eigenvalue weighted by atomic mass is 10.0. The van der Waals surface area contributed by atoms with Gasteiger partial charge in [0.2, 0.25) is 5.91 Å². The lowest BCUT2D eigenvalue weighted by Crippen LogP contribution is -2.17. The van der Waals surface area contributed by atoms with E-state index in [2.05, 4.69) is 22.5 Å². The van der Waals surface area contributed by atoms with Crippen LogP contribution in [-0.4, -0.2) is 15.7 Å². The van der Waals surface area contributed by atoms with Crippen molar-refractivity contribution in [2.45, 2.75) is 27.2 Å². The normalized spacial score (nSPS) is 10.5. The summed E-state index contributed by atoms with van der Waals surface area (Å²) in [4.78, 5) is 12.1. The van der Waals surface area contributed by atoms with Crippen molar-refractivity contribution in [2.24, 2.45) is 7.05 Å². The van der Waals surface area contributed by atoms with E-state index in [4.69, 9.17) is 0 Å². The van der Waals surface area contributed by atoms with Crippen LogP contribution in [0.1, 0.15) is 22.4 Å². The monoisotopic (exact) mass is 257 g/mol. The maximum absolute atomic E-state index is 12.1. The molecule has 0 aliphatic carbocycles. The third kappa shape index (κ3) is 3.22. The van der Waals surface area contributed by atoms with Gasteiger partial charge in [-0.25, -0.2) is 0 Å². The number of benzene rings is 1. The molecule has 1 aromatic heterocycles. The van der Waals surface area contributed by atoms with Gasteiger partial charge in [0.1, 0.15) is 5.82 Å². The minimum atomic E-state index is -0.0169. The van der Waals surface area contributed by atoms with Crippen LogP contribution in [0.5, 0.6) is 0 Å². The first-order valence-corrected chi connectivity index (χ1v) is 6.32. The lowest BCUT2D eigenvalue weighted by molar-refractivity contribution is -0.115. The molecule has 1 N–H and O–H groups in total. The predicted molar refractivity (Wildman–Crippen MR) is 76.2 cm³/mol. The van der Waals surface area contributed by atoms with E-state index in [1.165, 1.54) is 5.56 Å². The third-order valence-electron chi connectivity index (χ3n) is 3.13. The summed E-state index contributed by atoms with van der Waals surface area (Å²) in [6.07, 6.45) is 0.387. The fourth-order valence-corrected chi connectivity index (χ4v) is 2.08. The van der Waals surface area contributed by atoms with Gasteiger partial charge in [0, 0.05) is 13.1 Å². The molecule has 4 heteroatoms. The van der Waals surface area contributed by atoms with Gasteiger partial charge in [0.05, 0.1) is 12.1 Å².